The fourth-order valence-corrected chi connectivity index (χ4v) is 4.24. The van der Waals surface area contributed by atoms with Crippen molar-refractivity contribution in [3.63, 3.8) is 0 Å². The van der Waals surface area contributed by atoms with E-state index in [1.165, 1.54) is 7.05 Å². The fourth-order valence-electron chi connectivity index (χ4n) is 4.24. The Hall–Kier alpha value is -2.37. The average molecular weight is 341 g/mol. The Morgan fingerprint density at radius 1 is 1.08 bits per heavy atom. The number of likely N-dealkylation sites (N-methyl/N-ethyl adjacent to an activating group) is 1. The zero-order chi connectivity index (χ0) is 18.3. The second-order valence-electron chi connectivity index (χ2n) is 8.28. The number of anilines is 1. The van der Waals surface area contributed by atoms with Crippen LogP contribution in [0.15, 0.2) is 18.2 Å². The molecule has 1 unspecified atom stereocenters. The lowest BCUT2D eigenvalue weighted by Gasteiger charge is -2.33. The van der Waals surface area contributed by atoms with Crippen molar-refractivity contribution in [3.05, 3.63) is 29.3 Å². The standard InChI is InChI=1S/C19H23N3O3/c1-11(2)12-6-7-14-13(8-12)19(9-15(23)20(5)17(19)25)22-16(24)18(3,4)10-21(14)22/h6-8,11H,9-10H2,1-5H3. The van der Waals surface area contributed by atoms with Crippen molar-refractivity contribution in [2.45, 2.75) is 45.6 Å². The molecule has 3 aliphatic heterocycles. The van der Waals surface area contributed by atoms with E-state index in [1.54, 1.807) is 5.01 Å². The summed E-state index contributed by atoms with van der Waals surface area (Å²) in [6, 6.07) is 6.03. The van der Waals surface area contributed by atoms with Gasteiger partial charge in [0.05, 0.1) is 24.1 Å². The molecule has 25 heavy (non-hydrogen) atoms. The van der Waals surface area contributed by atoms with Crippen LogP contribution in [0.1, 0.15) is 51.2 Å². The molecule has 2 saturated heterocycles. The molecule has 0 radical (unpaired) electrons. The number of likely N-dealkylation sites (tertiary alicyclic amines) is 1. The molecule has 1 aromatic carbocycles. The molecule has 0 saturated carbocycles. The number of carbonyl (C=O) groups excluding carboxylic acids is 3. The van der Waals surface area contributed by atoms with E-state index >= 15 is 0 Å². The third-order valence-corrected chi connectivity index (χ3v) is 5.77. The summed E-state index contributed by atoms with van der Waals surface area (Å²) in [6.07, 6.45) is 0.00913. The van der Waals surface area contributed by atoms with Crippen LogP contribution in [-0.4, -0.2) is 41.2 Å². The van der Waals surface area contributed by atoms with E-state index in [0.717, 1.165) is 21.7 Å². The number of benzene rings is 1. The van der Waals surface area contributed by atoms with Crippen LogP contribution in [0.25, 0.3) is 0 Å². The molecule has 6 heteroatoms. The topological polar surface area (TPSA) is 60.9 Å². The van der Waals surface area contributed by atoms with Gasteiger partial charge in [0.15, 0.2) is 5.54 Å². The first-order chi connectivity index (χ1) is 11.6. The van der Waals surface area contributed by atoms with Gasteiger partial charge in [0.25, 0.3) is 5.91 Å². The Bertz CT molecular complexity index is 829. The predicted octanol–water partition coefficient (Wildman–Crippen LogP) is 2.00. The number of nitrogens with zero attached hydrogens (tertiary/aromatic N) is 3. The first kappa shape index (κ1) is 16.1. The number of rotatable bonds is 1. The minimum Gasteiger partial charge on any atom is -0.283 e. The largest absolute Gasteiger partial charge is 0.283 e. The zero-order valence-electron chi connectivity index (χ0n) is 15.3. The summed E-state index contributed by atoms with van der Waals surface area (Å²) in [7, 11) is 1.50. The molecular weight excluding hydrogens is 318 g/mol. The van der Waals surface area contributed by atoms with E-state index in [9.17, 15) is 14.4 Å². The third-order valence-electron chi connectivity index (χ3n) is 5.77. The highest BCUT2D eigenvalue weighted by Gasteiger charge is 2.67. The average Bonchev–Trinajstić information content (AvgIpc) is 3.04. The molecule has 3 heterocycles. The summed E-state index contributed by atoms with van der Waals surface area (Å²) in [5.74, 6) is -0.366. The fraction of sp³-hybridized carbons (Fsp3) is 0.526. The predicted molar refractivity (Wildman–Crippen MR) is 92.6 cm³/mol. The van der Waals surface area contributed by atoms with Gasteiger partial charge in [-0.05, 0) is 31.4 Å². The van der Waals surface area contributed by atoms with Crippen LogP contribution in [0, 0.1) is 5.41 Å². The smallest absolute Gasteiger partial charge is 0.262 e. The Balaban J connectivity index is 1.99. The number of hydrogen-bond acceptors (Lipinski definition) is 4. The minimum absolute atomic E-state index is 0.00913. The van der Waals surface area contributed by atoms with Crippen molar-refractivity contribution in [2.24, 2.45) is 5.41 Å². The van der Waals surface area contributed by atoms with Crippen molar-refractivity contribution >= 4 is 23.4 Å². The van der Waals surface area contributed by atoms with Crippen molar-refractivity contribution < 1.29 is 14.4 Å². The van der Waals surface area contributed by atoms with Crippen molar-refractivity contribution in [2.75, 3.05) is 18.6 Å². The van der Waals surface area contributed by atoms with Gasteiger partial charge in [-0.1, -0.05) is 26.0 Å². The van der Waals surface area contributed by atoms with Crippen molar-refractivity contribution in [1.29, 1.82) is 0 Å². The van der Waals surface area contributed by atoms with E-state index in [2.05, 4.69) is 13.8 Å². The first-order valence-corrected chi connectivity index (χ1v) is 8.69. The highest BCUT2D eigenvalue weighted by Crippen LogP contribution is 2.55. The number of carbonyl (C=O) groups is 3. The Morgan fingerprint density at radius 3 is 2.32 bits per heavy atom. The summed E-state index contributed by atoms with van der Waals surface area (Å²) in [5.41, 5.74) is 0.926. The maximum atomic E-state index is 13.2. The molecule has 3 aliphatic rings. The van der Waals surface area contributed by atoms with Gasteiger partial charge in [0, 0.05) is 12.6 Å². The zero-order valence-corrected chi connectivity index (χ0v) is 15.3. The lowest BCUT2D eigenvalue weighted by molar-refractivity contribution is -0.149. The van der Waals surface area contributed by atoms with E-state index in [4.69, 9.17) is 0 Å². The van der Waals surface area contributed by atoms with Gasteiger partial charge < -0.3 is 0 Å². The second kappa shape index (κ2) is 4.62. The summed E-state index contributed by atoms with van der Waals surface area (Å²) in [4.78, 5) is 39.8. The maximum Gasteiger partial charge on any atom is 0.262 e. The molecule has 1 atom stereocenters. The van der Waals surface area contributed by atoms with E-state index < -0.39 is 11.0 Å². The monoisotopic (exact) mass is 341 g/mol. The molecule has 0 N–H and O–H groups in total. The normalized spacial score (nSPS) is 27.1. The van der Waals surface area contributed by atoms with Crippen LogP contribution in [0.3, 0.4) is 0 Å². The molecule has 0 bridgehead atoms. The van der Waals surface area contributed by atoms with Gasteiger partial charge in [0.1, 0.15) is 0 Å². The number of imide groups is 1. The van der Waals surface area contributed by atoms with E-state index in [-0.39, 0.29) is 24.1 Å². The molecule has 4 rings (SSSR count). The lowest BCUT2D eigenvalue weighted by Crippen LogP contribution is -2.53. The SMILES string of the molecule is CC(C)c1ccc2c(c1)C1(CC(=O)N(C)C1=O)N1C(=O)C(C)(C)CN21. The maximum absolute atomic E-state index is 13.2. The van der Waals surface area contributed by atoms with Crippen LogP contribution < -0.4 is 5.01 Å². The van der Waals surface area contributed by atoms with Crippen molar-refractivity contribution in [3.8, 4) is 0 Å². The second-order valence-corrected chi connectivity index (χ2v) is 8.28. The van der Waals surface area contributed by atoms with Crippen LogP contribution in [0.5, 0.6) is 0 Å². The summed E-state index contributed by atoms with van der Waals surface area (Å²) in [5, 5.41) is 3.46. The van der Waals surface area contributed by atoms with Crippen LogP contribution in [0.4, 0.5) is 5.69 Å². The van der Waals surface area contributed by atoms with Gasteiger partial charge in [-0.2, -0.15) is 0 Å². The van der Waals surface area contributed by atoms with Gasteiger partial charge >= 0.3 is 0 Å². The quantitative estimate of drug-likeness (QED) is 0.733. The Morgan fingerprint density at radius 2 is 1.76 bits per heavy atom. The van der Waals surface area contributed by atoms with Crippen LogP contribution in [-0.2, 0) is 19.9 Å². The summed E-state index contributed by atoms with van der Waals surface area (Å²) in [6.45, 7) is 8.45. The van der Waals surface area contributed by atoms with Crippen LogP contribution >= 0.6 is 0 Å². The molecule has 132 valence electrons. The number of hydrazine groups is 1. The van der Waals surface area contributed by atoms with Gasteiger partial charge in [-0.15, -0.1) is 0 Å². The molecule has 0 aromatic heterocycles. The summed E-state index contributed by atoms with van der Waals surface area (Å²) >= 11 is 0. The molecule has 1 spiro atoms. The molecular formula is C19H23N3O3. The third kappa shape index (κ3) is 1.77. The van der Waals surface area contributed by atoms with E-state index in [0.29, 0.717) is 12.5 Å². The van der Waals surface area contributed by atoms with Crippen molar-refractivity contribution in [1.82, 2.24) is 9.91 Å². The summed E-state index contributed by atoms with van der Waals surface area (Å²) < 4.78 is 0. The molecule has 2 fully saturated rings. The number of hydrogen-bond donors (Lipinski definition) is 0. The number of amides is 3. The van der Waals surface area contributed by atoms with Gasteiger partial charge in [-0.25, -0.2) is 5.01 Å². The highest BCUT2D eigenvalue weighted by molar-refractivity contribution is 6.12. The first-order valence-electron chi connectivity index (χ1n) is 8.69. The molecule has 0 aliphatic carbocycles. The molecule has 3 amide bonds. The molecule has 1 aromatic rings. The van der Waals surface area contributed by atoms with Gasteiger partial charge in [-0.3, -0.25) is 24.3 Å². The Kier molecular flexibility index (Phi) is 2.98. The van der Waals surface area contributed by atoms with Gasteiger partial charge in [0.2, 0.25) is 11.8 Å². The number of fused-ring (bicyclic) bond motifs is 5. The lowest BCUT2D eigenvalue weighted by atomic mass is 9.83. The van der Waals surface area contributed by atoms with E-state index in [1.807, 2.05) is 37.1 Å². The molecule has 6 nitrogen and oxygen atoms in total. The Labute approximate surface area is 147 Å². The minimum atomic E-state index is -1.23. The highest BCUT2D eigenvalue weighted by atomic mass is 16.2. The van der Waals surface area contributed by atoms with Crippen LogP contribution in [0.2, 0.25) is 0 Å².